The van der Waals surface area contributed by atoms with Gasteiger partial charge in [0.2, 0.25) is 0 Å². The van der Waals surface area contributed by atoms with Gasteiger partial charge in [0, 0.05) is 0 Å². The van der Waals surface area contributed by atoms with Gasteiger partial charge in [-0.3, -0.25) is 4.79 Å². The zero-order valence-electron chi connectivity index (χ0n) is 13.8. The Morgan fingerprint density at radius 1 is 1.00 bits per heavy atom. The highest BCUT2D eigenvalue weighted by atomic mass is 16.5. The van der Waals surface area contributed by atoms with E-state index in [4.69, 9.17) is 9.47 Å². The van der Waals surface area contributed by atoms with E-state index >= 15 is 0 Å². The number of benzene rings is 3. The van der Waals surface area contributed by atoms with Crippen molar-refractivity contribution in [3.63, 3.8) is 0 Å². The number of hydrogen-bond acceptors (Lipinski definition) is 4. The Morgan fingerprint density at radius 2 is 1.72 bits per heavy atom. The lowest BCUT2D eigenvalue weighted by Gasteiger charge is -2.09. The zero-order valence-corrected chi connectivity index (χ0v) is 13.8. The van der Waals surface area contributed by atoms with Crippen LogP contribution in [-0.2, 0) is 4.79 Å². The van der Waals surface area contributed by atoms with Crippen molar-refractivity contribution in [2.45, 2.75) is 0 Å². The van der Waals surface area contributed by atoms with E-state index in [0.29, 0.717) is 11.5 Å². The molecule has 0 heterocycles. The Kier molecular flexibility index (Phi) is 5.26. The highest BCUT2D eigenvalue weighted by molar-refractivity contribution is 5.90. The van der Waals surface area contributed by atoms with Gasteiger partial charge in [0.05, 0.1) is 13.3 Å². The molecule has 1 N–H and O–H groups in total. The van der Waals surface area contributed by atoms with E-state index in [1.807, 2.05) is 54.6 Å². The minimum Gasteiger partial charge on any atom is -0.493 e. The number of nitrogens with one attached hydrogen (secondary N) is 1. The van der Waals surface area contributed by atoms with Gasteiger partial charge in [0.25, 0.3) is 5.91 Å². The largest absolute Gasteiger partial charge is 0.493 e. The molecule has 0 unspecified atom stereocenters. The summed E-state index contributed by atoms with van der Waals surface area (Å²) in [4.78, 5) is 11.8. The van der Waals surface area contributed by atoms with E-state index in [0.717, 1.165) is 16.3 Å². The van der Waals surface area contributed by atoms with Crippen LogP contribution in [0.25, 0.3) is 10.8 Å². The number of carbonyl (C=O) groups is 1. The first kappa shape index (κ1) is 16.5. The Bertz CT molecular complexity index is 906. The SMILES string of the molecule is COc1ccccc1OCC(=O)N/N=C/c1ccc2ccccc2c1. The highest BCUT2D eigenvalue weighted by Crippen LogP contribution is 2.25. The molecule has 0 aromatic heterocycles. The van der Waals surface area contributed by atoms with Crippen LogP contribution in [0.15, 0.2) is 71.8 Å². The fourth-order valence-electron chi connectivity index (χ4n) is 2.38. The summed E-state index contributed by atoms with van der Waals surface area (Å²) in [7, 11) is 1.55. The molecule has 126 valence electrons. The second-order valence-corrected chi connectivity index (χ2v) is 5.34. The molecule has 0 bridgehead atoms. The third-order valence-corrected chi connectivity index (χ3v) is 3.60. The zero-order chi connectivity index (χ0) is 17.5. The van der Waals surface area contributed by atoms with Crippen LogP contribution in [0.3, 0.4) is 0 Å². The molecule has 3 aromatic rings. The molecular formula is C20H18N2O3. The van der Waals surface area contributed by atoms with Crippen LogP contribution >= 0.6 is 0 Å². The summed E-state index contributed by atoms with van der Waals surface area (Å²) >= 11 is 0. The number of rotatable bonds is 6. The lowest BCUT2D eigenvalue weighted by Crippen LogP contribution is -2.24. The number of nitrogens with zero attached hydrogens (tertiary/aromatic N) is 1. The summed E-state index contributed by atoms with van der Waals surface area (Å²) < 4.78 is 10.6. The van der Waals surface area contributed by atoms with Gasteiger partial charge in [-0.25, -0.2) is 5.43 Å². The number of para-hydroxylation sites is 2. The van der Waals surface area contributed by atoms with Gasteiger partial charge >= 0.3 is 0 Å². The average molecular weight is 334 g/mol. The van der Waals surface area contributed by atoms with Crippen LogP contribution in [0, 0.1) is 0 Å². The number of hydrazone groups is 1. The van der Waals surface area contributed by atoms with Crippen molar-refractivity contribution < 1.29 is 14.3 Å². The Labute approximate surface area is 145 Å². The van der Waals surface area contributed by atoms with E-state index < -0.39 is 0 Å². The topological polar surface area (TPSA) is 59.9 Å². The Balaban J connectivity index is 1.55. The molecule has 0 aliphatic heterocycles. The van der Waals surface area contributed by atoms with Gasteiger partial charge in [-0.15, -0.1) is 0 Å². The quantitative estimate of drug-likeness (QED) is 0.555. The lowest BCUT2D eigenvalue weighted by atomic mass is 10.1. The molecule has 0 saturated heterocycles. The molecule has 0 radical (unpaired) electrons. The van der Waals surface area contributed by atoms with Crippen molar-refractivity contribution >= 4 is 22.9 Å². The van der Waals surface area contributed by atoms with Crippen molar-refractivity contribution in [1.29, 1.82) is 0 Å². The van der Waals surface area contributed by atoms with E-state index in [2.05, 4.69) is 10.5 Å². The fourth-order valence-corrected chi connectivity index (χ4v) is 2.38. The minimum absolute atomic E-state index is 0.143. The number of hydrogen-bond donors (Lipinski definition) is 1. The maximum Gasteiger partial charge on any atom is 0.277 e. The average Bonchev–Trinajstić information content (AvgIpc) is 2.66. The predicted octanol–water partition coefficient (Wildman–Crippen LogP) is 3.38. The van der Waals surface area contributed by atoms with E-state index in [1.165, 1.54) is 0 Å². The smallest absolute Gasteiger partial charge is 0.277 e. The summed E-state index contributed by atoms with van der Waals surface area (Å²) in [6.07, 6.45) is 1.60. The maximum absolute atomic E-state index is 11.8. The third kappa shape index (κ3) is 4.35. The van der Waals surface area contributed by atoms with E-state index in [-0.39, 0.29) is 12.5 Å². The molecule has 0 fully saturated rings. The van der Waals surface area contributed by atoms with Crippen molar-refractivity contribution in [3.8, 4) is 11.5 Å². The summed E-state index contributed by atoms with van der Waals surface area (Å²) in [5.74, 6) is 0.747. The molecule has 0 spiro atoms. The van der Waals surface area contributed by atoms with E-state index in [9.17, 15) is 4.79 Å². The predicted molar refractivity (Wildman–Crippen MR) is 98.2 cm³/mol. The molecule has 3 rings (SSSR count). The number of amides is 1. The molecule has 0 atom stereocenters. The normalized spacial score (nSPS) is 10.8. The molecule has 3 aromatic carbocycles. The maximum atomic E-state index is 11.8. The first-order chi connectivity index (χ1) is 12.3. The van der Waals surface area contributed by atoms with Gasteiger partial charge < -0.3 is 9.47 Å². The number of carbonyl (C=O) groups excluding carboxylic acids is 1. The number of ether oxygens (including phenoxy) is 2. The summed E-state index contributed by atoms with van der Waals surface area (Å²) in [6.45, 7) is -0.143. The molecule has 0 aliphatic carbocycles. The van der Waals surface area contributed by atoms with Gasteiger partial charge in [-0.1, -0.05) is 48.5 Å². The molecule has 25 heavy (non-hydrogen) atoms. The highest BCUT2D eigenvalue weighted by Gasteiger charge is 2.05. The number of methoxy groups -OCH3 is 1. The molecule has 5 heteroatoms. The Morgan fingerprint density at radius 3 is 2.52 bits per heavy atom. The molecule has 0 aliphatic rings. The van der Waals surface area contributed by atoms with E-state index in [1.54, 1.807) is 25.5 Å². The molecule has 5 nitrogen and oxygen atoms in total. The molecule has 1 amide bonds. The first-order valence-electron chi connectivity index (χ1n) is 7.83. The van der Waals surface area contributed by atoms with Crippen molar-refractivity contribution in [3.05, 3.63) is 72.3 Å². The standard InChI is InChI=1S/C20H18N2O3/c1-24-18-8-4-5-9-19(18)25-14-20(23)22-21-13-15-10-11-16-6-2-3-7-17(16)12-15/h2-13H,14H2,1H3,(H,22,23)/b21-13+. The summed E-state index contributed by atoms with van der Waals surface area (Å²) in [6, 6.07) is 21.2. The van der Waals surface area contributed by atoms with Crippen molar-refractivity contribution in [1.82, 2.24) is 5.43 Å². The summed E-state index contributed by atoms with van der Waals surface area (Å²) in [5.41, 5.74) is 3.36. The van der Waals surface area contributed by atoms with Crippen molar-refractivity contribution in [2.75, 3.05) is 13.7 Å². The van der Waals surface area contributed by atoms with Crippen molar-refractivity contribution in [2.24, 2.45) is 5.10 Å². The molecule has 0 saturated carbocycles. The third-order valence-electron chi connectivity index (χ3n) is 3.60. The second kappa shape index (κ2) is 7.97. The van der Waals surface area contributed by atoms with Crippen LogP contribution in [0.1, 0.15) is 5.56 Å². The van der Waals surface area contributed by atoms with Gasteiger partial charge in [-0.2, -0.15) is 5.10 Å². The minimum atomic E-state index is -0.344. The van der Waals surface area contributed by atoms with Gasteiger partial charge in [-0.05, 0) is 34.5 Å². The molecular weight excluding hydrogens is 316 g/mol. The fraction of sp³-hybridized carbons (Fsp3) is 0.100. The number of fused-ring (bicyclic) bond motifs is 1. The van der Waals surface area contributed by atoms with Crippen LogP contribution < -0.4 is 14.9 Å². The van der Waals surface area contributed by atoms with Crippen LogP contribution in [0.5, 0.6) is 11.5 Å². The lowest BCUT2D eigenvalue weighted by molar-refractivity contribution is -0.123. The van der Waals surface area contributed by atoms with Crippen LogP contribution in [-0.4, -0.2) is 25.8 Å². The van der Waals surface area contributed by atoms with Gasteiger partial charge in [0.15, 0.2) is 18.1 Å². The van der Waals surface area contributed by atoms with Gasteiger partial charge in [0.1, 0.15) is 0 Å². The van der Waals surface area contributed by atoms with Crippen LogP contribution in [0.4, 0.5) is 0 Å². The monoisotopic (exact) mass is 334 g/mol. The Hall–Kier alpha value is -3.34. The first-order valence-corrected chi connectivity index (χ1v) is 7.83. The van der Waals surface area contributed by atoms with Crippen LogP contribution in [0.2, 0.25) is 0 Å². The summed E-state index contributed by atoms with van der Waals surface area (Å²) in [5, 5.41) is 6.25. The second-order valence-electron chi connectivity index (χ2n) is 5.34.